The molecule has 0 aliphatic rings. The highest BCUT2D eigenvalue weighted by Gasteiger charge is 2.00. The van der Waals surface area contributed by atoms with E-state index in [0.717, 1.165) is 0 Å². The highest BCUT2D eigenvalue weighted by atomic mass is 35.5. The van der Waals surface area contributed by atoms with E-state index >= 15 is 0 Å². The van der Waals surface area contributed by atoms with Gasteiger partial charge in [0.2, 0.25) is 0 Å². The Hall–Kier alpha value is -1.44. The maximum atomic E-state index is 8.56. The van der Waals surface area contributed by atoms with E-state index in [0.29, 0.717) is 15.6 Å². The molecule has 4 nitrogen and oxygen atoms in total. The van der Waals surface area contributed by atoms with E-state index in [1.54, 1.807) is 18.2 Å². The quantitative estimate of drug-likeness (QED) is 0.722. The molecule has 6 heteroatoms. The number of benzene rings is 1. The van der Waals surface area contributed by atoms with Crippen LogP contribution in [0.5, 0.6) is 0 Å². The summed E-state index contributed by atoms with van der Waals surface area (Å²) in [5, 5.41) is 23.1. The van der Waals surface area contributed by atoms with Crippen LogP contribution in [0.3, 0.4) is 0 Å². The fourth-order valence-corrected chi connectivity index (χ4v) is 0.933. The van der Waals surface area contributed by atoms with Crippen molar-refractivity contribution in [3.8, 4) is 6.07 Å². The lowest BCUT2D eigenvalue weighted by Crippen LogP contribution is -1.81. The average molecular weight is 234 g/mol. The third-order valence-electron chi connectivity index (χ3n) is 1.07. The lowest BCUT2D eigenvalue weighted by molar-refractivity contribution is 0.137. The van der Waals surface area contributed by atoms with Gasteiger partial charge in [0.15, 0.2) is 0 Å². The highest BCUT2D eigenvalue weighted by molar-refractivity contribution is 6.42. The first-order chi connectivity index (χ1) is 6.49. The first-order valence-corrected chi connectivity index (χ1v) is 4.00. The van der Waals surface area contributed by atoms with Crippen molar-refractivity contribution in [3.05, 3.63) is 33.8 Å². The Morgan fingerprint density at radius 2 is 1.86 bits per heavy atom. The van der Waals surface area contributed by atoms with Crippen LogP contribution >= 0.6 is 23.2 Å². The summed E-state index contributed by atoms with van der Waals surface area (Å²) in [6.45, 7) is 0. The molecule has 0 bridgehead atoms. The monoisotopic (exact) mass is 233 g/mol. The second kappa shape index (κ2) is 6.08. The molecular formula is C8H5Cl2NO3. The van der Waals surface area contributed by atoms with E-state index in [-0.39, 0.29) is 0 Å². The average Bonchev–Trinajstić information content (AvgIpc) is 2.09. The number of halogens is 2. The molecule has 0 atom stereocenters. The van der Waals surface area contributed by atoms with Gasteiger partial charge >= 0.3 is 6.16 Å². The van der Waals surface area contributed by atoms with Crippen molar-refractivity contribution in [1.29, 1.82) is 5.26 Å². The summed E-state index contributed by atoms with van der Waals surface area (Å²) in [6, 6.07) is 6.87. The van der Waals surface area contributed by atoms with E-state index in [2.05, 4.69) is 0 Å². The number of nitrogens with zero attached hydrogens (tertiary/aromatic N) is 1. The number of hydrogen-bond acceptors (Lipinski definition) is 2. The van der Waals surface area contributed by atoms with E-state index in [1.807, 2.05) is 6.07 Å². The van der Waals surface area contributed by atoms with Crippen molar-refractivity contribution in [2.45, 2.75) is 0 Å². The Kier molecular flexibility index (Phi) is 5.46. The van der Waals surface area contributed by atoms with E-state index < -0.39 is 6.16 Å². The lowest BCUT2D eigenvalue weighted by Gasteiger charge is -1.94. The van der Waals surface area contributed by atoms with Crippen molar-refractivity contribution >= 4 is 29.4 Å². The van der Waals surface area contributed by atoms with Gasteiger partial charge in [-0.1, -0.05) is 29.3 Å². The summed E-state index contributed by atoms with van der Waals surface area (Å²) in [4.78, 5) is 8.56. The smallest absolute Gasteiger partial charge is 0.450 e. The van der Waals surface area contributed by atoms with Gasteiger partial charge in [0, 0.05) is 0 Å². The highest BCUT2D eigenvalue weighted by Crippen LogP contribution is 2.24. The molecule has 0 saturated heterocycles. The first-order valence-electron chi connectivity index (χ1n) is 3.25. The Morgan fingerprint density at radius 1 is 1.36 bits per heavy atom. The minimum absolute atomic E-state index is 0.326. The van der Waals surface area contributed by atoms with E-state index in [4.69, 9.17) is 43.5 Å². The largest absolute Gasteiger partial charge is 0.503 e. The summed E-state index contributed by atoms with van der Waals surface area (Å²) >= 11 is 11.2. The van der Waals surface area contributed by atoms with Crippen LogP contribution in [0.1, 0.15) is 5.56 Å². The number of hydrogen-bond donors (Lipinski definition) is 2. The molecule has 74 valence electrons. The molecule has 1 aromatic carbocycles. The maximum absolute atomic E-state index is 8.56. The number of carboxylic acid groups (broad SMARTS) is 2. The lowest BCUT2D eigenvalue weighted by atomic mass is 10.2. The Labute approximate surface area is 89.9 Å². The topological polar surface area (TPSA) is 81.3 Å². The second-order valence-corrected chi connectivity index (χ2v) is 2.78. The zero-order chi connectivity index (χ0) is 11.1. The van der Waals surface area contributed by atoms with Crippen molar-refractivity contribution < 1.29 is 15.0 Å². The molecule has 0 aromatic heterocycles. The van der Waals surface area contributed by atoms with Crippen LogP contribution in [0.15, 0.2) is 18.2 Å². The molecular weight excluding hydrogens is 229 g/mol. The van der Waals surface area contributed by atoms with Gasteiger partial charge in [-0.2, -0.15) is 5.26 Å². The minimum atomic E-state index is -1.83. The standard InChI is InChI=1S/C7H3Cl2N.CH2O3/c8-6-3-1-2-5(4-10)7(6)9;2-1(3)4/h1-3H;(H2,2,3,4). The molecule has 0 aliphatic heterocycles. The summed E-state index contributed by atoms with van der Waals surface area (Å²) < 4.78 is 0. The molecule has 2 N–H and O–H groups in total. The van der Waals surface area contributed by atoms with Crippen molar-refractivity contribution in [2.75, 3.05) is 0 Å². The number of nitriles is 1. The molecule has 0 aliphatic carbocycles. The molecule has 0 fully saturated rings. The normalized spacial score (nSPS) is 8.07. The summed E-state index contributed by atoms with van der Waals surface area (Å²) in [6.07, 6.45) is -1.83. The summed E-state index contributed by atoms with van der Waals surface area (Å²) in [5.41, 5.74) is 0.411. The minimum Gasteiger partial charge on any atom is -0.450 e. The molecule has 0 spiro atoms. The van der Waals surface area contributed by atoms with Crippen LogP contribution in [0.2, 0.25) is 10.0 Å². The Morgan fingerprint density at radius 3 is 2.21 bits per heavy atom. The molecule has 0 heterocycles. The molecule has 0 saturated carbocycles. The van der Waals surface area contributed by atoms with Gasteiger partial charge in [-0.3, -0.25) is 0 Å². The number of carbonyl (C=O) groups is 1. The molecule has 14 heavy (non-hydrogen) atoms. The van der Waals surface area contributed by atoms with Crippen LogP contribution in [-0.4, -0.2) is 16.4 Å². The fourth-order valence-electron chi connectivity index (χ4n) is 0.590. The van der Waals surface area contributed by atoms with Crippen molar-refractivity contribution in [1.82, 2.24) is 0 Å². The van der Waals surface area contributed by atoms with Gasteiger partial charge in [-0.15, -0.1) is 0 Å². The zero-order valence-electron chi connectivity index (χ0n) is 6.74. The Balaban J connectivity index is 0.000000364. The van der Waals surface area contributed by atoms with Crippen LogP contribution in [0, 0.1) is 11.3 Å². The maximum Gasteiger partial charge on any atom is 0.503 e. The predicted molar refractivity (Wildman–Crippen MR) is 51.8 cm³/mol. The Bertz CT molecular complexity index is 369. The van der Waals surface area contributed by atoms with Crippen LogP contribution in [0.25, 0.3) is 0 Å². The predicted octanol–water partition coefficient (Wildman–Crippen LogP) is 3.09. The summed E-state index contributed by atoms with van der Waals surface area (Å²) in [5.74, 6) is 0. The van der Waals surface area contributed by atoms with Gasteiger partial charge < -0.3 is 10.2 Å². The van der Waals surface area contributed by atoms with Crippen molar-refractivity contribution in [2.24, 2.45) is 0 Å². The van der Waals surface area contributed by atoms with Gasteiger partial charge in [0.1, 0.15) is 6.07 Å². The SMILES string of the molecule is N#Cc1cccc(Cl)c1Cl.O=C(O)O. The van der Waals surface area contributed by atoms with E-state index in [1.165, 1.54) is 0 Å². The molecule has 1 rings (SSSR count). The third kappa shape index (κ3) is 4.55. The molecule has 1 aromatic rings. The fraction of sp³-hybridized carbons (Fsp3) is 0. The first kappa shape index (κ1) is 12.6. The van der Waals surface area contributed by atoms with Gasteiger partial charge in [0.25, 0.3) is 0 Å². The molecule has 0 radical (unpaired) electrons. The molecule has 0 amide bonds. The van der Waals surface area contributed by atoms with Gasteiger partial charge in [0.05, 0.1) is 15.6 Å². The number of rotatable bonds is 0. The van der Waals surface area contributed by atoms with E-state index in [9.17, 15) is 0 Å². The second-order valence-electron chi connectivity index (χ2n) is 2.00. The van der Waals surface area contributed by atoms with Crippen LogP contribution in [-0.2, 0) is 0 Å². The molecule has 0 unspecified atom stereocenters. The summed E-state index contributed by atoms with van der Waals surface area (Å²) in [7, 11) is 0. The van der Waals surface area contributed by atoms with Crippen LogP contribution in [0.4, 0.5) is 4.79 Å². The van der Waals surface area contributed by atoms with Crippen molar-refractivity contribution in [3.63, 3.8) is 0 Å². The third-order valence-corrected chi connectivity index (χ3v) is 1.89. The van der Waals surface area contributed by atoms with Gasteiger partial charge in [-0.05, 0) is 12.1 Å². The van der Waals surface area contributed by atoms with Gasteiger partial charge in [-0.25, -0.2) is 4.79 Å². The van der Waals surface area contributed by atoms with Crippen LogP contribution < -0.4 is 0 Å². The zero-order valence-corrected chi connectivity index (χ0v) is 8.25.